The number of nitrogens with one attached hydrogen (secondary N) is 1. The quantitative estimate of drug-likeness (QED) is 0.833. The van der Waals surface area contributed by atoms with Crippen LogP contribution in [-0.2, 0) is 0 Å². The molecule has 0 aromatic heterocycles. The summed E-state index contributed by atoms with van der Waals surface area (Å²) in [5.41, 5.74) is 5.39. The highest BCUT2D eigenvalue weighted by Gasteiger charge is 2.14. The third-order valence-corrected chi connectivity index (χ3v) is 3.47. The zero-order chi connectivity index (χ0) is 13.7. The van der Waals surface area contributed by atoms with Crippen molar-refractivity contribution in [1.82, 2.24) is 5.32 Å². The Labute approximate surface area is 116 Å². The molecule has 19 heavy (non-hydrogen) atoms. The van der Waals surface area contributed by atoms with Gasteiger partial charge < -0.3 is 5.32 Å². The van der Waals surface area contributed by atoms with Crippen LogP contribution < -0.4 is 5.32 Å². The predicted molar refractivity (Wildman–Crippen MR) is 82.5 cm³/mol. The average molecular weight is 253 g/mol. The minimum atomic E-state index is 0.293. The van der Waals surface area contributed by atoms with Gasteiger partial charge in [-0.1, -0.05) is 61.0 Å². The Morgan fingerprint density at radius 1 is 1.00 bits per heavy atom. The second-order valence-corrected chi connectivity index (χ2v) is 5.16. The van der Waals surface area contributed by atoms with Crippen LogP contribution in [0, 0.1) is 13.8 Å². The molecule has 0 saturated heterocycles. The van der Waals surface area contributed by atoms with Crippen molar-refractivity contribution >= 4 is 0 Å². The maximum absolute atomic E-state index is 3.67. The van der Waals surface area contributed by atoms with Gasteiger partial charge in [-0.2, -0.15) is 0 Å². The molecule has 1 N–H and O–H groups in total. The molecule has 0 saturated carbocycles. The van der Waals surface area contributed by atoms with Crippen LogP contribution in [0.15, 0.2) is 48.5 Å². The highest BCUT2D eigenvalue weighted by atomic mass is 14.9. The summed E-state index contributed by atoms with van der Waals surface area (Å²) in [4.78, 5) is 0. The average Bonchev–Trinajstić information content (AvgIpc) is 2.41. The van der Waals surface area contributed by atoms with Crippen LogP contribution in [0.3, 0.4) is 0 Å². The molecule has 0 bridgehead atoms. The number of benzene rings is 2. The van der Waals surface area contributed by atoms with Gasteiger partial charge in [0.05, 0.1) is 6.04 Å². The van der Waals surface area contributed by atoms with E-state index in [-0.39, 0.29) is 0 Å². The molecule has 0 amide bonds. The third kappa shape index (κ3) is 3.45. The van der Waals surface area contributed by atoms with Crippen LogP contribution in [0.25, 0.3) is 0 Å². The second-order valence-electron chi connectivity index (χ2n) is 5.16. The topological polar surface area (TPSA) is 12.0 Å². The van der Waals surface area contributed by atoms with Crippen LogP contribution >= 0.6 is 0 Å². The molecule has 0 fully saturated rings. The van der Waals surface area contributed by atoms with Crippen molar-refractivity contribution in [3.05, 3.63) is 70.8 Å². The summed E-state index contributed by atoms with van der Waals surface area (Å²) >= 11 is 0. The van der Waals surface area contributed by atoms with E-state index in [0.717, 1.165) is 13.0 Å². The van der Waals surface area contributed by atoms with E-state index in [0.29, 0.717) is 6.04 Å². The Morgan fingerprint density at radius 2 is 1.79 bits per heavy atom. The molecule has 0 radical (unpaired) electrons. The van der Waals surface area contributed by atoms with Crippen LogP contribution in [0.2, 0.25) is 0 Å². The molecule has 1 atom stereocenters. The summed E-state index contributed by atoms with van der Waals surface area (Å²) in [6, 6.07) is 17.7. The largest absolute Gasteiger partial charge is 0.306 e. The predicted octanol–water partition coefficient (Wildman–Crippen LogP) is 4.39. The molecule has 2 rings (SSSR count). The fraction of sp³-hybridized carbons (Fsp3) is 0.333. The molecule has 0 heterocycles. The van der Waals surface area contributed by atoms with E-state index < -0.39 is 0 Å². The van der Waals surface area contributed by atoms with Crippen molar-refractivity contribution in [2.45, 2.75) is 33.2 Å². The zero-order valence-corrected chi connectivity index (χ0v) is 12.1. The van der Waals surface area contributed by atoms with Gasteiger partial charge in [0.25, 0.3) is 0 Å². The van der Waals surface area contributed by atoms with Gasteiger partial charge in [-0.05, 0) is 43.5 Å². The van der Waals surface area contributed by atoms with Crippen LogP contribution in [0.4, 0.5) is 0 Å². The lowest BCUT2D eigenvalue weighted by molar-refractivity contribution is 0.596. The summed E-state index contributed by atoms with van der Waals surface area (Å²) in [5.74, 6) is 0. The number of rotatable bonds is 5. The molecular weight excluding hydrogens is 230 g/mol. The molecule has 0 spiro atoms. The van der Waals surface area contributed by atoms with Gasteiger partial charge in [0.2, 0.25) is 0 Å². The van der Waals surface area contributed by atoms with Gasteiger partial charge in [0, 0.05) is 0 Å². The summed E-state index contributed by atoms with van der Waals surface area (Å²) in [6.07, 6.45) is 1.15. The van der Waals surface area contributed by atoms with Crippen LogP contribution in [0.5, 0.6) is 0 Å². The molecule has 0 aliphatic carbocycles. The first-order valence-corrected chi connectivity index (χ1v) is 7.08. The normalized spacial score (nSPS) is 12.4. The highest BCUT2D eigenvalue weighted by Crippen LogP contribution is 2.25. The Balaban J connectivity index is 2.38. The summed E-state index contributed by atoms with van der Waals surface area (Å²) in [5, 5.41) is 3.67. The number of aryl methyl sites for hydroxylation is 2. The first kappa shape index (κ1) is 13.8. The summed E-state index contributed by atoms with van der Waals surface area (Å²) in [6.45, 7) is 7.58. The Hall–Kier alpha value is -1.60. The van der Waals surface area contributed by atoms with Crippen LogP contribution in [-0.4, -0.2) is 6.54 Å². The van der Waals surface area contributed by atoms with E-state index in [4.69, 9.17) is 0 Å². The maximum atomic E-state index is 3.67. The zero-order valence-electron chi connectivity index (χ0n) is 12.1. The smallest absolute Gasteiger partial charge is 0.0579 e. The van der Waals surface area contributed by atoms with E-state index in [1.54, 1.807) is 0 Å². The van der Waals surface area contributed by atoms with Crippen molar-refractivity contribution in [3.8, 4) is 0 Å². The van der Waals surface area contributed by atoms with E-state index in [9.17, 15) is 0 Å². The molecule has 2 aromatic rings. The molecule has 2 aromatic carbocycles. The lowest BCUT2D eigenvalue weighted by Crippen LogP contribution is -2.24. The minimum Gasteiger partial charge on any atom is -0.306 e. The lowest BCUT2D eigenvalue weighted by atomic mass is 9.94. The minimum absolute atomic E-state index is 0.293. The monoisotopic (exact) mass is 253 g/mol. The number of hydrogen-bond acceptors (Lipinski definition) is 1. The molecule has 1 heteroatoms. The van der Waals surface area contributed by atoms with Gasteiger partial charge in [0.1, 0.15) is 0 Å². The van der Waals surface area contributed by atoms with Gasteiger partial charge in [-0.25, -0.2) is 0 Å². The third-order valence-electron chi connectivity index (χ3n) is 3.47. The molecule has 1 unspecified atom stereocenters. The maximum Gasteiger partial charge on any atom is 0.0579 e. The first-order chi connectivity index (χ1) is 9.22. The molecule has 100 valence electrons. The summed E-state index contributed by atoms with van der Waals surface area (Å²) < 4.78 is 0. The fourth-order valence-corrected chi connectivity index (χ4v) is 2.46. The Morgan fingerprint density at radius 3 is 2.47 bits per heavy atom. The summed E-state index contributed by atoms with van der Waals surface area (Å²) in [7, 11) is 0. The van der Waals surface area contributed by atoms with Gasteiger partial charge >= 0.3 is 0 Å². The first-order valence-electron chi connectivity index (χ1n) is 7.08. The van der Waals surface area contributed by atoms with Crippen LogP contribution in [0.1, 0.15) is 41.6 Å². The van der Waals surface area contributed by atoms with Gasteiger partial charge in [-0.15, -0.1) is 0 Å². The highest BCUT2D eigenvalue weighted by molar-refractivity contribution is 5.38. The SMILES string of the molecule is CCCNC(c1cccc(C)c1)c1ccccc1C. The van der Waals surface area contributed by atoms with E-state index in [1.165, 1.54) is 22.3 Å². The molecular formula is C18H23N. The van der Waals surface area contributed by atoms with Crippen molar-refractivity contribution in [1.29, 1.82) is 0 Å². The van der Waals surface area contributed by atoms with Crippen molar-refractivity contribution < 1.29 is 0 Å². The Kier molecular flexibility index (Phi) is 4.75. The van der Waals surface area contributed by atoms with E-state index in [1.807, 2.05) is 0 Å². The molecule has 1 nitrogen and oxygen atoms in total. The molecule has 0 aliphatic heterocycles. The van der Waals surface area contributed by atoms with Gasteiger partial charge in [-0.3, -0.25) is 0 Å². The molecule has 0 aliphatic rings. The Bertz CT molecular complexity index is 531. The van der Waals surface area contributed by atoms with E-state index in [2.05, 4.69) is 74.6 Å². The van der Waals surface area contributed by atoms with Crippen molar-refractivity contribution in [3.63, 3.8) is 0 Å². The van der Waals surface area contributed by atoms with Crippen molar-refractivity contribution in [2.24, 2.45) is 0 Å². The van der Waals surface area contributed by atoms with Crippen molar-refractivity contribution in [2.75, 3.05) is 6.54 Å². The second kappa shape index (κ2) is 6.53. The van der Waals surface area contributed by atoms with E-state index >= 15 is 0 Å². The standard InChI is InChI=1S/C18H23N/c1-4-12-19-18(16-10-7-8-14(2)13-16)17-11-6-5-9-15(17)3/h5-11,13,18-19H,4,12H2,1-3H3. The van der Waals surface area contributed by atoms with Gasteiger partial charge in [0.15, 0.2) is 0 Å². The fourth-order valence-electron chi connectivity index (χ4n) is 2.46. The lowest BCUT2D eigenvalue weighted by Gasteiger charge is -2.22. The number of hydrogen-bond donors (Lipinski definition) is 1.